The first-order valence-corrected chi connectivity index (χ1v) is 18.6. The molecule has 0 unspecified atom stereocenters. The summed E-state index contributed by atoms with van der Waals surface area (Å²) in [5.41, 5.74) is 5.08. The minimum Gasteiger partial charge on any atom is -0.497 e. The van der Waals surface area contributed by atoms with Crippen molar-refractivity contribution in [3.05, 3.63) is 114 Å². The fraction of sp³-hybridized carbons (Fsp3) is 0.256. The lowest BCUT2D eigenvalue weighted by Gasteiger charge is -2.15. The average Bonchev–Trinajstić information content (AvgIpc) is 3.93. The van der Waals surface area contributed by atoms with Crippen molar-refractivity contribution in [1.82, 2.24) is 9.97 Å². The number of methoxy groups -OCH3 is 1. The summed E-state index contributed by atoms with van der Waals surface area (Å²) in [5.74, 6) is 2.64. The monoisotopic (exact) mass is 726 g/mol. The molecule has 4 aromatic carbocycles. The molecular formula is C43H43ClN6O3. The quantitative estimate of drug-likeness (QED) is 0.117. The van der Waals surface area contributed by atoms with Crippen molar-refractivity contribution >= 4 is 79.6 Å². The zero-order chi connectivity index (χ0) is 36.6. The Balaban J connectivity index is 0.000000164. The van der Waals surface area contributed by atoms with Crippen LogP contribution in [0, 0.1) is 11.8 Å². The van der Waals surface area contributed by atoms with Crippen LogP contribution in [0.3, 0.4) is 0 Å². The number of hydrogen-bond donors (Lipinski definition) is 4. The smallest absolute Gasteiger partial charge is 0.227 e. The third-order valence-corrected chi connectivity index (χ3v) is 10.1. The summed E-state index contributed by atoms with van der Waals surface area (Å²) < 4.78 is 5.20. The largest absolute Gasteiger partial charge is 0.497 e. The molecule has 10 heteroatoms. The number of hydrogen-bond acceptors (Lipinski definition) is 7. The molecule has 2 heterocycles. The number of halogens is 1. The van der Waals surface area contributed by atoms with Crippen molar-refractivity contribution in [2.24, 2.45) is 11.8 Å². The van der Waals surface area contributed by atoms with Crippen molar-refractivity contribution in [3.8, 4) is 5.75 Å². The van der Waals surface area contributed by atoms with E-state index in [1.54, 1.807) is 7.11 Å². The molecule has 9 nitrogen and oxygen atoms in total. The number of amides is 2. The van der Waals surface area contributed by atoms with E-state index < -0.39 is 0 Å². The highest BCUT2D eigenvalue weighted by atomic mass is 35.5. The number of ether oxygens (including phenoxy) is 1. The second kappa shape index (κ2) is 16.8. The van der Waals surface area contributed by atoms with Gasteiger partial charge in [0.25, 0.3) is 0 Å². The molecule has 270 valence electrons. The molecule has 2 saturated carbocycles. The van der Waals surface area contributed by atoms with E-state index >= 15 is 0 Å². The fourth-order valence-corrected chi connectivity index (χ4v) is 7.16. The maximum atomic E-state index is 12.6. The van der Waals surface area contributed by atoms with Crippen molar-refractivity contribution < 1.29 is 14.3 Å². The Bertz CT molecular complexity index is 2200. The van der Waals surface area contributed by atoms with Gasteiger partial charge in [-0.3, -0.25) is 9.59 Å². The molecule has 0 radical (unpaired) electrons. The van der Waals surface area contributed by atoms with E-state index in [2.05, 4.69) is 31.2 Å². The second-order valence-electron chi connectivity index (χ2n) is 13.6. The minimum atomic E-state index is 0.108. The van der Waals surface area contributed by atoms with Crippen LogP contribution in [-0.2, 0) is 9.59 Å². The van der Waals surface area contributed by atoms with Crippen LogP contribution in [0.5, 0.6) is 5.75 Å². The summed E-state index contributed by atoms with van der Waals surface area (Å²) in [6.07, 6.45) is 8.46. The van der Waals surface area contributed by atoms with Gasteiger partial charge in [-0.25, -0.2) is 9.97 Å². The van der Waals surface area contributed by atoms with Gasteiger partial charge < -0.3 is 26.0 Å². The van der Waals surface area contributed by atoms with Gasteiger partial charge in [0.05, 0.1) is 29.5 Å². The van der Waals surface area contributed by atoms with Gasteiger partial charge in [0.2, 0.25) is 11.8 Å². The molecule has 6 aromatic rings. The Hall–Kier alpha value is -5.67. The van der Waals surface area contributed by atoms with E-state index in [0.29, 0.717) is 16.7 Å². The highest BCUT2D eigenvalue weighted by Gasteiger charge is 2.24. The number of fused-ring (bicyclic) bond motifs is 2. The van der Waals surface area contributed by atoms with Crippen LogP contribution in [-0.4, -0.2) is 28.9 Å². The number of aromatic nitrogens is 2. The fourth-order valence-electron chi connectivity index (χ4n) is 7.03. The van der Waals surface area contributed by atoms with Gasteiger partial charge in [0.15, 0.2) is 0 Å². The number of carbonyl (C=O) groups is 2. The van der Waals surface area contributed by atoms with Crippen molar-refractivity contribution in [1.29, 1.82) is 0 Å². The predicted octanol–water partition coefficient (Wildman–Crippen LogP) is 10.9. The van der Waals surface area contributed by atoms with Crippen molar-refractivity contribution in [3.63, 3.8) is 0 Å². The highest BCUT2D eigenvalue weighted by Crippen LogP contribution is 2.32. The summed E-state index contributed by atoms with van der Waals surface area (Å²) in [4.78, 5) is 34.6. The van der Waals surface area contributed by atoms with Gasteiger partial charge >= 0.3 is 0 Å². The van der Waals surface area contributed by atoms with Crippen molar-refractivity contribution in [2.75, 3.05) is 28.4 Å². The number of para-hydroxylation sites is 2. The topological polar surface area (TPSA) is 117 Å². The molecule has 0 aliphatic heterocycles. The molecule has 0 saturated heterocycles. The molecule has 0 atom stereocenters. The van der Waals surface area contributed by atoms with Gasteiger partial charge in [0, 0.05) is 51.1 Å². The standard InChI is InChI=1S/C22H23N3O2.C21H20ClN3O/c1-27-17-12-10-16(11-13-17)23-21-14-20(18-8-4-5-9-19(18)24-21)25-22(26)15-6-2-3-7-15;22-15-9-11-16(12-10-15)23-20-13-19(17-7-3-4-8-18(17)24-20)25-21(26)14-5-1-2-6-14/h4-5,8-15H,2-3,6-7H2,1H3,(H2,23,24,25,26);3-4,7-14H,1-2,5-6H2,(H2,23,24,25,26). The third kappa shape index (κ3) is 9.04. The van der Waals surface area contributed by atoms with Crippen molar-refractivity contribution in [2.45, 2.75) is 51.4 Å². The van der Waals surface area contributed by atoms with Gasteiger partial charge in [-0.05, 0) is 86.3 Å². The Labute approximate surface area is 314 Å². The van der Waals surface area contributed by atoms with Crippen LogP contribution in [0.4, 0.5) is 34.4 Å². The van der Waals surface area contributed by atoms with E-state index in [1.807, 2.05) is 109 Å². The molecule has 8 rings (SSSR count). The van der Waals surface area contributed by atoms with Crippen LogP contribution < -0.4 is 26.0 Å². The summed E-state index contributed by atoms with van der Waals surface area (Å²) in [5, 5.41) is 15.4. The Morgan fingerprint density at radius 3 is 1.45 bits per heavy atom. The first-order valence-electron chi connectivity index (χ1n) is 18.3. The van der Waals surface area contributed by atoms with E-state index in [4.69, 9.17) is 16.3 Å². The second-order valence-corrected chi connectivity index (χ2v) is 14.0. The van der Waals surface area contributed by atoms with E-state index in [9.17, 15) is 9.59 Å². The van der Waals surface area contributed by atoms with E-state index in [1.165, 1.54) is 0 Å². The Kier molecular flexibility index (Phi) is 11.3. The summed E-state index contributed by atoms with van der Waals surface area (Å²) in [6, 6.07) is 34.6. The lowest BCUT2D eigenvalue weighted by atomic mass is 10.1. The molecule has 2 amide bonds. The molecule has 2 fully saturated rings. The lowest BCUT2D eigenvalue weighted by Crippen LogP contribution is -2.20. The zero-order valence-corrected chi connectivity index (χ0v) is 30.5. The van der Waals surface area contributed by atoms with Crippen LogP contribution in [0.2, 0.25) is 5.02 Å². The number of nitrogens with one attached hydrogen (secondary N) is 4. The molecule has 2 aliphatic rings. The molecule has 53 heavy (non-hydrogen) atoms. The Morgan fingerprint density at radius 2 is 1.02 bits per heavy atom. The first-order chi connectivity index (χ1) is 25.9. The number of carbonyl (C=O) groups excluding carboxylic acids is 2. The number of benzene rings is 4. The average molecular weight is 727 g/mol. The van der Waals surface area contributed by atoms with E-state index in [-0.39, 0.29) is 23.7 Å². The predicted molar refractivity (Wildman–Crippen MR) is 216 cm³/mol. The Morgan fingerprint density at radius 1 is 0.604 bits per heavy atom. The lowest BCUT2D eigenvalue weighted by molar-refractivity contribution is -0.120. The zero-order valence-electron chi connectivity index (χ0n) is 29.7. The molecule has 2 aliphatic carbocycles. The molecule has 2 aromatic heterocycles. The van der Waals surface area contributed by atoms with Crippen LogP contribution >= 0.6 is 11.6 Å². The minimum absolute atomic E-state index is 0.108. The molecular weight excluding hydrogens is 684 g/mol. The normalized spacial score (nSPS) is 14.4. The third-order valence-electron chi connectivity index (χ3n) is 9.88. The highest BCUT2D eigenvalue weighted by molar-refractivity contribution is 6.30. The number of anilines is 6. The van der Waals surface area contributed by atoms with Gasteiger partial charge in [-0.1, -0.05) is 73.7 Å². The summed E-state index contributed by atoms with van der Waals surface area (Å²) >= 11 is 5.95. The number of rotatable bonds is 9. The maximum absolute atomic E-state index is 12.6. The SMILES string of the molecule is COc1ccc(Nc2cc(NC(=O)C3CCCC3)c3ccccc3n2)cc1.O=C(Nc1cc(Nc2ccc(Cl)cc2)nc2ccccc12)C1CCCC1. The molecule has 0 spiro atoms. The number of nitrogens with zero attached hydrogens (tertiary/aromatic N) is 2. The molecule has 4 N–H and O–H groups in total. The van der Waals surface area contributed by atoms with E-state index in [0.717, 1.165) is 102 Å². The molecule has 0 bridgehead atoms. The van der Waals surface area contributed by atoms with Crippen LogP contribution in [0.1, 0.15) is 51.4 Å². The number of pyridine rings is 2. The van der Waals surface area contributed by atoms with Gasteiger partial charge in [-0.2, -0.15) is 0 Å². The summed E-state index contributed by atoms with van der Waals surface area (Å²) in [7, 11) is 1.65. The first kappa shape index (κ1) is 35.7. The van der Waals surface area contributed by atoms with Gasteiger partial charge in [0.1, 0.15) is 17.4 Å². The summed E-state index contributed by atoms with van der Waals surface area (Å²) in [6.45, 7) is 0. The van der Waals surface area contributed by atoms with Crippen LogP contribution in [0.15, 0.2) is 109 Å². The maximum Gasteiger partial charge on any atom is 0.227 e. The van der Waals surface area contributed by atoms with Crippen LogP contribution in [0.25, 0.3) is 21.8 Å². The van der Waals surface area contributed by atoms with Gasteiger partial charge in [-0.15, -0.1) is 0 Å².